The summed E-state index contributed by atoms with van der Waals surface area (Å²) in [5, 5.41) is 33.9. The molecule has 46 heavy (non-hydrogen) atoms. The van der Waals surface area contributed by atoms with Crippen molar-refractivity contribution in [3.8, 4) is 0 Å². The van der Waals surface area contributed by atoms with Gasteiger partial charge in [-0.25, -0.2) is 0 Å². The van der Waals surface area contributed by atoms with Crippen molar-refractivity contribution in [3.63, 3.8) is 0 Å². The number of ether oxygens (including phenoxy) is 1. The summed E-state index contributed by atoms with van der Waals surface area (Å²) in [4.78, 5) is 42.2. The van der Waals surface area contributed by atoms with Crippen LogP contribution in [0.3, 0.4) is 0 Å². The van der Waals surface area contributed by atoms with E-state index in [0.717, 1.165) is 34.2 Å². The summed E-state index contributed by atoms with van der Waals surface area (Å²) in [6.07, 6.45) is -0.208. The number of aliphatic hydroxyl groups is 3. The Morgan fingerprint density at radius 2 is 1.63 bits per heavy atom. The fourth-order valence-corrected chi connectivity index (χ4v) is 6.41. The molecule has 5 atom stereocenters. The van der Waals surface area contributed by atoms with Gasteiger partial charge in [0.05, 0.1) is 13.1 Å². The average molecular weight is 657 g/mol. The van der Waals surface area contributed by atoms with Gasteiger partial charge in [0, 0.05) is 46.7 Å². The molecular weight excluding hydrogens is 608 g/mol. The van der Waals surface area contributed by atoms with E-state index in [4.69, 9.17) is 4.74 Å². The van der Waals surface area contributed by atoms with E-state index < -0.39 is 29.9 Å². The predicted molar refractivity (Wildman–Crippen MR) is 177 cm³/mol. The minimum Gasteiger partial charge on any atom is -0.387 e. The van der Waals surface area contributed by atoms with Crippen molar-refractivity contribution in [1.82, 2.24) is 20.0 Å². The molecule has 0 aromatic heterocycles. The minimum atomic E-state index is -1.29. The number of aryl methyl sites for hydroxylation is 2. The lowest BCUT2D eigenvalue weighted by Gasteiger charge is -2.40. The Balaban J connectivity index is 1.19. The quantitative estimate of drug-likeness (QED) is 0.264. The molecule has 4 N–H and O–H groups in total. The van der Waals surface area contributed by atoms with Crippen molar-refractivity contribution < 1.29 is 34.4 Å². The van der Waals surface area contributed by atoms with E-state index in [1.807, 2.05) is 30.0 Å². The Kier molecular flexibility index (Phi) is 13.0. The molecule has 3 amide bonds. The zero-order valence-corrected chi connectivity index (χ0v) is 28.0. The van der Waals surface area contributed by atoms with Crippen LogP contribution in [0.25, 0.3) is 0 Å². The standard InChI is InChI=1S/C34H48N4O7S/c1-22-8-13-25(33-31(43)30(42)32(44)34(45-33)46-4)19-26(22)18-24-11-9-23(10-12-24)6-5-7-27(39)35-20-28(40)38-16-14-37(15-17-38)21-29(41)36(2)3/h8-13,19,30-34,42-44H,5-7,14-18,20-21H2,1-4H3,(H,35,39)/t30-,31-,32+,33+,34-/m1/s1. The topological polar surface area (TPSA) is 143 Å². The monoisotopic (exact) mass is 656 g/mol. The van der Waals surface area contributed by atoms with Gasteiger partial charge in [0.15, 0.2) is 0 Å². The molecule has 2 aliphatic rings. The van der Waals surface area contributed by atoms with Gasteiger partial charge in [0.1, 0.15) is 29.9 Å². The highest BCUT2D eigenvalue weighted by Crippen LogP contribution is 2.36. The molecule has 2 aliphatic heterocycles. The van der Waals surface area contributed by atoms with Crippen LogP contribution in [0.5, 0.6) is 0 Å². The maximum absolute atomic E-state index is 12.6. The van der Waals surface area contributed by atoms with Crippen LogP contribution in [-0.2, 0) is 32.0 Å². The number of hydrogen-bond donors (Lipinski definition) is 4. The second-order valence-corrected chi connectivity index (χ2v) is 13.3. The zero-order valence-electron chi connectivity index (χ0n) is 27.2. The maximum atomic E-state index is 12.6. The van der Waals surface area contributed by atoms with Crippen LogP contribution >= 0.6 is 11.8 Å². The first-order valence-corrected chi connectivity index (χ1v) is 17.1. The van der Waals surface area contributed by atoms with Crippen LogP contribution in [0.1, 0.15) is 46.8 Å². The van der Waals surface area contributed by atoms with Gasteiger partial charge >= 0.3 is 0 Å². The lowest BCUT2D eigenvalue weighted by Crippen LogP contribution is -2.52. The fourth-order valence-electron chi connectivity index (χ4n) is 5.74. The van der Waals surface area contributed by atoms with Gasteiger partial charge in [-0.15, -0.1) is 11.8 Å². The van der Waals surface area contributed by atoms with Crippen LogP contribution in [0.15, 0.2) is 42.5 Å². The number of rotatable bonds is 12. The number of piperazine rings is 1. The van der Waals surface area contributed by atoms with Gasteiger partial charge < -0.3 is 35.2 Å². The molecule has 2 saturated heterocycles. The Bertz CT molecular complexity index is 1330. The molecule has 252 valence electrons. The van der Waals surface area contributed by atoms with E-state index in [1.165, 1.54) is 11.8 Å². The lowest BCUT2D eigenvalue weighted by atomic mass is 9.91. The van der Waals surface area contributed by atoms with Gasteiger partial charge in [-0.1, -0.05) is 42.5 Å². The molecule has 11 nitrogen and oxygen atoms in total. The highest BCUT2D eigenvalue weighted by atomic mass is 32.2. The number of nitrogens with one attached hydrogen (secondary N) is 1. The van der Waals surface area contributed by atoms with Crippen molar-refractivity contribution in [1.29, 1.82) is 0 Å². The van der Waals surface area contributed by atoms with Gasteiger partial charge in [0.25, 0.3) is 0 Å². The minimum absolute atomic E-state index is 0.0166. The highest BCUT2D eigenvalue weighted by molar-refractivity contribution is 7.99. The molecule has 2 aromatic rings. The van der Waals surface area contributed by atoms with E-state index in [0.29, 0.717) is 52.0 Å². The lowest BCUT2D eigenvalue weighted by molar-refractivity contribution is -0.200. The molecule has 2 fully saturated rings. The van der Waals surface area contributed by atoms with E-state index in [2.05, 4.69) is 29.6 Å². The number of likely N-dealkylation sites (N-methyl/N-ethyl adjacent to an activating group) is 1. The van der Waals surface area contributed by atoms with Crippen molar-refractivity contribution in [2.24, 2.45) is 0 Å². The molecule has 4 rings (SSSR count). The smallest absolute Gasteiger partial charge is 0.242 e. The molecule has 12 heteroatoms. The number of nitrogens with zero attached hydrogens (tertiary/aromatic N) is 3. The number of thioether (sulfide) groups is 1. The summed E-state index contributed by atoms with van der Waals surface area (Å²) in [6, 6.07) is 14.2. The molecule has 0 spiro atoms. The van der Waals surface area contributed by atoms with Crippen molar-refractivity contribution >= 4 is 29.5 Å². The Morgan fingerprint density at radius 1 is 0.957 bits per heavy atom. The predicted octanol–water partition coefficient (Wildman–Crippen LogP) is 1.10. The number of amides is 3. The number of carbonyl (C=O) groups excluding carboxylic acids is 3. The number of carbonyl (C=O) groups is 3. The van der Waals surface area contributed by atoms with Crippen molar-refractivity contribution in [3.05, 3.63) is 70.3 Å². The fraction of sp³-hybridized carbons (Fsp3) is 0.559. The second kappa shape index (κ2) is 16.7. The Hall–Kier alpha value is -3.00. The largest absolute Gasteiger partial charge is 0.387 e. The number of hydrogen-bond acceptors (Lipinski definition) is 9. The van der Waals surface area contributed by atoms with Gasteiger partial charge in [-0.3, -0.25) is 19.3 Å². The third-order valence-corrected chi connectivity index (χ3v) is 9.66. The van der Waals surface area contributed by atoms with Gasteiger partial charge in [-0.05, 0) is 60.3 Å². The van der Waals surface area contributed by atoms with E-state index in [1.54, 1.807) is 30.2 Å². The van der Waals surface area contributed by atoms with E-state index >= 15 is 0 Å². The van der Waals surface area contributed by atoms with Crippen LogP contribution in [-0.4, -0.2) is 131 Å². The molecule has 0 aliphatic carbocycles. The molecule has 0 unspecified atom stereocenters. The van der Waals surface area contributed by atoms with Crippen LogP contribution in [0, 0.1) is 6.92 Å². The number of benzene rings is 2. The maximum Gasteiger partial charge on any atom is 0.242 e. The summed E-state index contributed by atoms with van der Waals surface area (Å²) in [6.45, 7) is 4.73. The molecule has 2 heterocycles. The normalized spacial score (nSPS) is 23.6. The molecule has 0 saturated carbocycles. The molecule has 2 aromatic carbocycles. The summed E-state index contributed by atoms with van der Waals surface area (Å²) in [5.41, 5.74) is 4.54. The van der Waals surface area contributed by atoms with Crippen LogP contribution in [0.4, 0.5) is 0 Å². The summed E-state index contributed by atoms with van der Waals surface area (Å²) in [7, 11) is 3.46. The SMILES string of the molecule is CS[C@H]1O[C@@H](c2ccc(C)c(Cc3ccc(CCCC(=O)NCC(=O)N4CCN(CC(=O)N(C)C)CC4)cc3)c2)[C@H](O)[C@@H](O)[C@@H]1O. The first-order valence-electron chi connectivity index (χ1n) is 15.8. The first kappa shape index (κ1) is 35.8. The van der Waals surface area contributed by atoms with Crippen molar-refractivity contribution in [2.45, 2.75) is 62.5 Å². The third kappa shape index (κ3) is 9.52. The summed E-state index contributed by atoms with van der Waals surface area (Å²) >= 11 is 1.30. The van der Waals surface area contributed by atoms with E-state index in [9.17, 15) is 29.7 Å². The Labute approximate surface area is 275 Å². The number of aliphatic hydroxyl groups excluding tert-OH is 3. The van der Waals surface area contributed by atoms with E-state index in [-0.39, 0.29) is 24.3 Å². The Morgan fingerprint density at radius 3 is 2.28 bits per heavy atom. The van der Waals surface area contributed by atoms with Crippen molar-refractivity contribution in [2.75, 3.05) is 59.6 Å². The third-order valence-electron chi connectivity index (χ3n) is 8.81. The average Bonchev–Trinajstić information content (AvgIpc) is 3.05. The highest BCUT2D eigenvalue weighted by Gasteiger charge is 2.44. The first-order chi connectivity index (χ1) is 22.0. The van der Waals surface area contributed by atoms with Crippen LogP contribution < -0.4 is 5.32 Å². The molecule has 0 radical (unpaired) electrons. The second-order valence-electron chi connectivity index (χ2n) is 12.4. The van der Waals surface area contributed by atoms with Gasteiger partial charge in [0.2, 0.25) is 17.7 Å². The summed E-state index contributed by atoms with van der Waals surface area (Å²) < 4.78 is 5.95. The molecular formula is C34H48N4O7S. The summed E-state index contributed by atoms with van der Waals surface area (Å²) in [5.74, 6) is -0.206. The van der Waals surface area contributed by atoms with Crippen LogP contribution in [0.2, 0.25) is 0 Å². The van der Waals surface area contributed by atoms with Gasteiger partial charge in [-0.2, -0.15) is 0 Å². The molecule has 0 bridgehead atoms. The zero-order chi connectivity index (χ0) is 33.4.